The van der Waals surface area contributed by atoms with Gasteiger partial charge in [-0.2, -0.15) is 14.9 Å². The van der Waals surface area contributed by atoms with E-state index in [1.54, 1.807) is 23.0 Å². The molecule has 1 saturated carbocycles. The summed E-state index contributed by atoms with van der Waals surface area (Å²) in [7, 11) is 2.96. The number of benzene rings is 1. The maximum absolute atomic E-state index is 9.90. The van der Waals surface area contributed by atoms with Gasteiger partial charge in [0.15, 0.2) is 17.3 Å². The largest absolute Gasteiger partial charge is 0.502 e. The number of aromatic hydroxyl groups is 1. The third-order valence-electron chi connectivity index (χ3n) is 3.44. The van der Waals surface area contributed by atoms with E-state index in [0.717, 1.165) is 24.2 Å². The maximum atomic E-state index is 9.90. The first-order valence-electron chi connectivity index (χ1n) is 6.80. The van der Waals surface area contributed by atoms with Crippen LogP contribution < -0.4 is 9.47 Å². The van der Waals surface area contributed by atoms with Crippen LogP contribution in [0.25, 0.3) is 0 Å². The lowest BCUT2D eigenvalue weighted by atomic mass is 10.2. The fourth-order valence-electron chi connectivity index (χ4n) is 2.13. The number of H-pyrrole nitrogens is 1. The summed E-state index contributed by atoms with van der Waals surface area (Å²) in [6, 6.07) is 3.34. The summed E-state index contributed by atoms with van der Waals surface area (Å²) in [6.07, 6.45) is 3.84. The summed E-state index contributed by atoms with van der Waals surface area (Å²) < 4.78 is 12.3. The van der Waals surface area contributed by atoms with E-state index in [2.05, 4.69) is 15.3 Å². The standard InChI is InChI=1S/C14H16N4O3S/c1-20-10-5-8(6-11(21-2)12(10)19)7-15-18-13(9-3-4-9)16-17-14(18)22/h5-7,9,19H,3-4H2,1-2H3,(H,17,22)/b15-7+. The van der Waals surface area contributed by atoms with Crippen LogP contribution in [0.15, 0.2) is 17.2 Å². The van der Waals surface area contributed by atoms with Gasteiger partial charge in [0.1, 0.15) is 0 Å². The molecule has 0 amide bonds. The van der Waals surface area contributed by atoms with Crippen LogP contribution >= 0.6 is 12.2 Å². The first kappa shape index (κ1) is 14.6. The molecule has 116 valence electrons. The van der Waals surface area contributed by atoms with Gasteiger partial charge in [-0.3, -0.25) is 5.10 Å². The summed E-state index contributed by atoms with van der Waals surface area (Å²) >= 11 is 5.20. The van der Waals surface area contributed by atoms with E-state index in [1.165, 1.54) is 14.2 Å². The zero-order valence-electron chi connectivity index (χ0n) is 12.2. The molecule has 0 radical (unpaired) electrons. The fourth-order valence-corrected chi connectivity index (χ4v) is 2.32. The van der Waals surface area contributed by atoms with Gasteiger partial charge >= 0.3 is 0 Å². The molecule has 8 heteroatoms. The van der Waals surface area contributed by atoms with Crippen molar-refractivity contribution in [3.8, 4) is 17.2 Å². The summed E-state index contributed by atoms with van der Waals surface area (Å²) in [5.41, 5.74) is 0.719. The number of phenolic OH excluding ortho intramolecular Hbond substituents is 1. The topological polar surface area (TPSA) is 84.7 Å². The highest BCUT2D eigenvalue weighted by atomic mass is 32.1. The first-order chi connectivity index (χ1) is 10.6. The van der Waals surface area contributed by atoms with Crippen molar-refractivity contribution in [1.29, 1.82) is 0 Å². The number of hydrogen-bond donors (Lipinski definition) is 2. The smallest absolute Gasteiger partial charge is 0.216 e. The summed E-state index contributed by atoms with van der Waals surface area (Å²) in [5, 5.41) is 21.3. The molecule has 22 heavy (non-hydrogen) atoms. The van der Waals surface area contributed by atoms with E-state index in [0.29, 0.717) is 22.2 Å². The van der Waals surface area contributed by atoms with Crippen molar-refractivity contribution in [2.75, 3.05) is 14.2 Å². The van der Waals surface area contributed by atoms with Gasteiger partial charge in [0.2, 0.25) is 10.5 Å². The van der Waals surface area contributed by atoms with E-state index >= 15 is 0 Å². The number of phenols is 1. The maximum Gasteiger partial charge on any atom is 0.216 e. The van der Waals surface area contributed by atoms with E-state index in [-0.39, 0.29) is 5.75 Å². The SMILES string of the molecule is COc1cc(/C=N/n2c(C3CC3)n[nH]c2=S)cc(OC)c1O. The molecule has 1 aromatic carbocycles. The van der Waals surface area contributed by atoms with Gasteiger partial charge in [0.05, 0.1) is 20.4 Å². The second-order valence-corrected chi connectivity index (χ2v) is 5.38. The monoisotopic (exact) mass is 320 g/mol. The van der Waals surface area contributed by atoms with Gasteiger partial charge in [0.25, 0.3) is 0 Å². The molecule has 2 aromatic rings. The number of aromatic nitrogens is 3. The molecule has 0 aliphatic heterocycles. The zero-order chi connectivity index (χ0) is 15.7. The Balaban J connectivity index is 1.96. The van der Waals surface area contributed by atoms with Crippen LogP contribution in [0.1, 0.15) is 30.1 Å². The molecule has 0 atom stereocenters. The van der Waals surface area contributed by atoms with Crippen molar-refractivity contribution in [2.45, 2.75) is 18.8 Å². The number of hydrogen-bond acceptors (Lipinski definition) is 6. The number of rotatable bonds is 5. The van der Waals surface area contributed by atoms with Crippen molar-refractivity contribution in [2.24, 2.45) is 5.10 Å². The summed E-state index contributed by atoms with van der Waals surface area (Å²) in [5.74, 6) is 1.87. The lowest BCUT2D eigenvalue weighted by molar-refractivity contribution is 0.340. The molecule has 1 aliphatic rings. The highest BCUT2D eigenvalue weighted by Gasteiger charge is 2.29. The van der Waals surface area contributed by atoms with Crippen molar-refractivity contribution < 1.29 is 14.6 Å². The molecule has 3 rings (SSSR count). The van der Waals surface area contributed by atoms with Crippen molar-refractivity contribution >= 4 is 18.4 Å². The predicted octanol–water partition coefficient (Wildman–Crippen LogP) is 2.42. The van der Waals surface area contributed by atoms with Crippen molar-refractivity contribution in [1.82, 2.24) is 14.9 Å². The molecule has 7 nitrogen and oxygen atoms in total. The Hall–Kier alpha value is -2.35. The van der Waals surface area contributed by atoms with E-state index in [9.17, 15) is 5.11 Å². The van der Waals surface area contributed by atoms with Crippen molar-refractivity contribution in [3.05, 3.63) is 28.3 Å². The highest BCUT2D eigenvalue weighted by molar-refractivity contribution is 7.71. The van der Waals surface area contributed by atoms with Crippen LogP contribution in [-0.2, 0) is 0 Å². The van der Waals surface area contributed by atoms with Crippen LogP contribution in [0.2, 0.25) is 0 Å². The van der Waals surface area contributed by atoms with Crippen molar-refractivity contribution in [3.63, 3.8) is 0 Å². The summed E-state index contributed by atoms with van der Waals surface area (Å²) in [4.78, 5) is 0. The number of aromatic amines is 1. The van der Waals surface area contributed by atoms with Gasteiger partial charge in [-0.25, -0.2) is 0 Å². The molecule has 1 aromatic heterocycles. The van der Waals surface area contributed by atoms with Crippen LogP contribution in [0, 0.1) is 4.77 Å². The molecular formula is C14H16N4O3S. The Morgan fingerprint density at radius 2 is 2.00 bits per heavy atom. The van der Waals surface area contributed by atoms with E-state index < -0.39 is 0 Å². The molecule has 0 bridgehead atoms. The Kier molecular flexibility index (Phi) is 3.84. The molecule has 1 fully saturated rings. The molecule has 1 heterocycles. The highest BCUT2D eigenvalue weighted by Crippen LogP contribution is 2.39. The van der Waals surface area contributed by atoms with Crippen LogP contribution in [0.3, 0.4) is 0 Å². The quantitative estimate of drug-likeness (QED) is 0.653. The number of nitrogens with one attached hydrogen (secondary N) is 1. The Labute approximate surface area is 132 Å². The number of ether oxygens (including phenoxy) is 2. The van der Waals surface area contributed by atoms with Gasteiger partial charge in [-0.1, -0.05) is 0 Å². The average molecular weight is 320 g/mol. The van der Waals surface area contributed by atoms with Gasteiger partial charge in [-0.15, -0.1) is 0 Å². The van der Waals surface area contributed by atoms with Crippen LogP contribution in [0.5, 0.6) is 17.2 Å². The second-order valence-electron chi connectivity index (χ2n) is 4.99. The summed E-state index contributed by atoms with van der Waals surface area (Å²) in [6.45, 7) is 0. The minimum absolute atomic E-state index is 0.0410. The molecule has 1 aliphatic carbocycles. The molecule has 0 unspecified atom stereocenters. The minimum atomic E-state index is -0.0410. The normalized spacial score (nSPS) is 14.5. The van der Waals surface area contributed by atoms with Gasteiger partial charge < -0.3 is 14.6 Å². The Morgan fingerprint density at radius 3 is 2.55 bits per heavy atom. The Bertz CT molecular complexity index is 752. The molecule has 2 N–H and O–H groups in total. The third-order valence-corrected chi connectivity index (χ3v) is 3.71. The second kappa shape index (κ2) is 5.80. The fraction of sp³-hybridized carbons (Fsp3) is 0.357. The Morgan fingerprint density at radius 1 is 1.36 bits per heavy atom. The van der Waals surface area contributed by atoms with E-state index in [1.807, 2.05) is 0 Å². The lowest BCUT2D eigenvalue weighted by Crippen LogP contribution is -1.98. The zero-order valence-corrected chi connectivity index (χ0v) is 13.1. The van der Waals surface area contributed by atoms with Gasteiger partial charge in [-0.05, 0) is 37.2 Å². The lowest BCUT2D eigenvalue weighted by Gasteiger charge is -2.09. The van der Waals surface area contributed by atoms with E-state index in [4.69, 9.17) is 21.7 Å². The molecule has 0 spiro atoms. The number of nitrogens with zero attached hydrogens (tertiary/aromatic N) is 3. The van der Waals surface area contributed by atoms with Gasteiger partial charge in [0, 0.05) is 11.5 Å². The average Bonchev–Trinajstić information content (AvgIpc) is 3.30. The first-order valence-corrected chi connectivity index (χ1v) is 7.21. The predicted molar refractivity (Wildman–Crippen MR) is 83.6 cm³/mol. The minimum Gasteiger partial charge on any atom is -0.502 e. The van der Waals surface area contributed by atoms with Crippen LogP contribution in [0.4, 0.5) is 0 Å². The van der Waals surface area contributed by atoms with Crippen LogP contribution in [-0.4, -0.2) is 40.4 Å². The number of methoxy groups -OCH3 is 2. The third kappa shape index (κ3) is 2.69. The molecule has 0 saturated heterocycles. The molecular weight excluding hydrogens is 304 g/mol.